The van der Waals surface area contributed by atoms with Gasteiger partial charge in [-0.1, -0.05) is 20.8 Å². The maximum absolute atomic E-state index is 12.4. The van der Waals surface area contributed by atoms with Crippen LogP contribution < -0.4 is 5.73 Å². The Morgan fingerprint density at radius 2 is 2.06 bits per heavy atom. The standard InChI is InChI=1S/C13H27N3O/c1-13(2,3)11(14)12(17)16-8-6-7-10(16)9-15(4)5/h10-11H,6-9,14H2,1-5H3/t10?,11-/m1/s1. The van der Waals surface area contributed by atoms with E-state index in [4.69, 9.17) is 5.73 Å². The van der Waals surface area contributed by atoms with Crippen molar-refractivity contribution in [3.05, 3.63) is 0 Å². The van der Waals surface area contributed by atoms with Crippen LogP contribution >= 0.6 is 0 Å². The van der Waals surface area contributed by atoms with Crippen molar-refractivity contribution in [3.63, 3.8) is 0 Å². The first-order valence-corrected chi connectivity index (χ1v) is 6.44. The molecule has 0 radical (unpaired) electrons. The Hall–Kier alpha value is -0.610. The number of amides is 1. The smallest absolute Gasteiger partial charge is 0.240 e. The third-order valence-corrected chi connectivity index (χ3v) is 3.44. The summed E-state index contributed by atoms with van der Waals surface area (Å²) in [5.74, 6) is 0.113. The summed E-state index contributed by atoms with van der Waals surface area (Å²) in [7, 11) is 4.09. The van der Waals surface area contributed by atoms with Crippen LogP contribution in [0.15, 0.2) is 0 Å². The predicted octanol–water partition coefficient (Wildman–Crippen LogP) is 0.912. The quantitative estimate of drug-likeness (QED) is 0.799. The Kier molecular flexibility index (Phi) is 4.55. The van der Waals surface area contributed by atoms with Crippen LogP contribution in [0.2, 0.25) is 0 Å². The summed E-state index contributed by atoms with van der Waals surface area (Å²) in [6.45, 7) is 7.86. The third kappa shape index (κ3) is 3.68. The molecule has 1 saturated heterocycles. The molecule has 4 heteroatoms. The largest absolute Gasteiger partial charge is 0.337 e. The van der Waals surface area contributed by atoms with Crippen LogP contribution in [0.25, 0.3) is 0 Å². The van der Waals surface area contributed by atoms with Crippen molar-refractivity contribution < 1.29 is 4.79 Å². The number of nitrogens with two attached hydrogens (primary N) is 1. The molecule has 0 aromatic heterocycles. The van der Waals surface area contributed by atoms with Crippen LogP contribution in [0.5, 0.6) is 0 Å². The third-order valence-electron chi connectivity index (χ3n) is 3.44. The summed E-state index contributed by atoms with van der Waals surface area (Å²) in [4.78, 5) is 16.5. The zero-order chi connectivity index (χ0) is 13.2. The molecule has 1 fully saturated rings. The molecular formula is C13H27N3O. The molecule has 2 atom stereocenters. The number of likely N-dealkylation sites (tertiary alicyclic amines) is 1. The average Bonchev–Trinajstić information content (AvgIpc) is 2.61. The summed E-state index contributed by atoms with van der Waals surface area (Å²) in [5, 5.41) is 0. The van der Waals surface area contributed by atoms with Crippen molar-refractivity contribution >= 4 is 5.91 Å². The van der Waals surface area contributed by atoms with Gasteiger partial charge in [-0.2, -0.15) is 0 Å². The minimum Gasteiger partial charge on any atom is -0.337 e. The Morgan fingerprint density at radius 1 is 1.47 bits per heavy atom. The second-order valence-electron chi connectivity index (χ2n) is 6.43. The number of likely N-dealkylation sites (N-methyl/N-ethyl adjacent to an activating group) is 1. The molecule has 0 spiro atoms. The topological polar surface area (TPSA) is 49.6 Å². The van der Waals surface area contributed by atoms with Crippen molar-refractivity contribution in [1.29, 1.82) is 0 Å². The lowest BCUT2D eigenvalue weighted by Crippen LogP contribution is -2.53. The van der Waals surface area contributed by atoms with E-state index in [1.165, 1.54) is 0 Å². The zero-order valence-electron chi connectivity index (χ0n) is 11.9. The number of nitrogens with zero attached hydrogens (tertiary/aromatic N) is 2. The molecule has 1 aliphatic rings. The van der Waals surface area contributed by atoms with Crippen molar-refractivity contribution in [3.8, 4) is 0 Å². The van der Waals surface area contributed by atoms with Gasteiger partial charge in [-0.05, 0) is 32.4 Å². The molecule has 0 aliphatic carbocycles. The van der Waals surface area contributed by atoms with Crippen molar-refractivity contribution in [1.82, 2.24) is 9.80 Å². The van der Waals surface area contributed by atoms with Gasteiger partial charge in [0.1, 0.15) is 0 Å². The summed E-state index contributed by atoms with van der Waals surface area (Å²) in [5.41, 5.74) is 5.90. The molecule has 4 nitrogen and oxygen atoms in total. The summed E-state index contributed by atoms with van der Waals surface area (Å²) in [6, 6.07) is -0.0591. The van der Waals surface area contributed by atoms with Gasteiger partial charge >= 0.3 is 0 Å². The zero-order valence-corrected chi connectivity index (χ0v) is 11.9. The summed E-state index contributed by atoms with van der Waals surface area (Å²) in [6.07, 6.45) is 2.20. The first kappa shape index (κ1) is 14.5. The Morgan fingerprint density at radius 3 is 2.53 bits per heavy atom. The summed E-state index contributed by atoms with van der Waals surface area (Å²) < 4.78 is 0. The minimum absolute atomic E-state index is 0.113. The van der Waals surface area contributed by atoms with Gasteiger partial charge in [0.05, 0.1) is 6.04 Å². The number of hydrogen-bond acceptors (Lipinski definition) is 3. The van der Waals surface area contributed by atoms with Gasteiger partial charge in [0.15, 0.2) is 0 Å². The number of hydrogen-bond donors (Lipinski definition) is 1. The van der Waals surface area contributed by atoms with Gasteiger partial charge in [-0.3, -0.25) is 4.79 Å². The summed E-state index contributed by atoms with van der Waals surface area (Å²) >= 11 is 0. The molecule has 1 rings (SSSR count). The van der Waals surface area contributed by atoms with E-state index in [1.807, 2.05) is 39.8 Å². The Balaban J connectivity index is 2.68. The minimum atomic E-state index is -0.398. The maximum Gasteiger partial charge on any atom is 0.240 e. The van der Waals surface area contributed by atoms with E-state index in [0.717, 1.165) is 25.9 Å². The first-order valence-electron chi connectivity index (χ1n) is 6.44. The van der Waals surface area contributed by atoms with Crippen molar-refractivity contribution in [2.24, 2.45) is 11.1 Å². The molecule has 100 valence electrons. The van der Waals surface area contributed by atoms with E-state index in [0.29, 0.717) is 6.04 Å². The van der Waals surface area contributed by atoms with Crippen LogP contribution in [0.1, 0.15) is 33.6 Å². The van der Waals surface area contributed by atoms with E-state index in [9.17, 15) is 4.79 Å². The lowest BCUT2D eigenvalue weighted by molar-refractivity contribution is -0.136. The number of carbonyl (C=O) groups is 1. The molecule has 0 bridgehead atoms. The Bertz CT molecular complexity index is 270. The van der Waals surface area contributed by atoms with Gasteiger partial charge in [-0.25, -0.2) is 0 Å². The molecule has 0 aromatic rings. The fourth-order valence-corrected chi connectivity index (χ4v) is 2.29. The van der Waals surface area contributed by atoms with Gasteiger partial charge in [0.25, 0.3) is 0 Å². The second-order valence-corrected chi connectivity index (χ2v) is 6.43. The molecule has 2 N–H and O–H groups in total. The molecule has 1 unspecified atom stereocenters. The highest BCUT2D eigenvalue weighted by Crippen LogP contribution is 2.24. The van der Waals surface area contributed by atoms with Gasteiger partial charge in [-0.15, -0.1) is 0 Å². The molecule has 0 saturated carbocycles. The maximum atomic E-state index is 12.4. The van der Waals surface area contributed by atoms with E-state index >= 15 is 0 Å². The second kappa shape index (κ2) is 5.36. The predicted molar refractivity (Wildman–Crippen MR) is 70.7 cm³/mol. The SMILES string of the molecule is CN(C)CC1CCCN1C(=O)[C@@H](N)C(C)(C)C. The van der Waals surface area contributed by atoms with E-state index in [2.05, 4.69) is 4.90 Å². The normalized spacial score (nSPS) is 23.2. The average molecular weight is 241 g/mol. The van der Waals surface area contributed by atoms with Crippen LogP contribution in [-0.2, 0) is 4.79 Å². The molecule has 1 amide bonds. The molecule has 17 heavy (non-hydrogen) atoms. The highest BCUT2D eigenvalue weighted by Gasteiger charge is 2.36. The highest BCUT2D eigenvalue weighted by atomic mass is 16.2. The van der Waals surface area contributed by atoms with Crippen LogP contribution in [0, 0.1) is 5.41 Å². The van der Waals surface area contributed by atoms with Crippen LogP contribution in [-0.4, -0.2) is 55.0 Å². The molecular weight excluding hydrogens is 214 g/mol. The van der Waals surface area contributed by atoms with E-state index in [-0.39, 0.29) is 11.3 Å². The Labute approximate surface area is 105 Å². The fourth-order valence-electron chi connectivity index (χ4n) is 2.29. The van der Waals surface area contributed by atoms with Crippen LogP contribution in [0.4, 0.5) is 0 Å². The number of rotatable bonds is 3. The lowest BCUT2D eigenvalue weighted by atomic mass is 9.86. The van der Waals surface area contributed by atoms with Gasteiger partial charge in [0.2, 0.25) is 5.91 Å². The van der Waals surface area contributed by atoms with Gasteiger partial charge < -0.3 is 15.5 Å². The fraction of sp³-hybridized carbons (Fsp3) is 0.923. The first-order chi connectivity index (χ1) is 7.73. The van der Waals surface area contributed by atoms with Crippen molar-refractivity contribution in [2.45, 2.75) is 45.7 Å². The monoisotopic (exact) mass is 241 g/mol. The van der Waals surface area contributed by atoms with Gasteiger partial charge in [0, 0.05) is 19.1 Å². The van der Waals surface area contributed by atoms with E-state index in [1.54, 1.807) is 0 Å². The molecule has 1 aliphatic heterocycles. The van der Waals surface area contributed by atoms with Crippen LogP contribution in [0.3, 0.4) is 0 Å². The lowest BCUT2D eigenvalue weighted by Gasteiger charge is -2.34. The number of carbonyl (C=O) groups excluding carboxylic acids is 1. The van der Waals surface area contributed by atoms with Crippen molar-refractivity contribution in [2.75, 3.05) is 27.2 Å². The van der Waals surface area contributed by atoms with E-state index < -0.39 is 6.04 Å². The molecule has 1 heterocycles. The highest BCUT2D eigenvalue weighted by molar-refractivity contribution is 5.83. The molecule has 0 aromatic carbocycles.